The van der Waals surface area contributed by atoms with Gasteiger partial charge >= 0.3 is 0 Å². The second-order valence-corrected chi connectivity index (χ2v) is 33.7. The molecule has 0 atom stereocenters. The number of pyridine rings is 3. The maximum absolute atomic E-state index is 12.0. The van der Waals surface area contributed by atoms with Crippen LogP contribution >= 0.6 is 0 Å². The number of rotatable bonds is 14. The molecule has 1 aromatic carbocycles. The Morgan fingerprint density at radius 1 is 0.308 bits per heavy atom. The highest BCUT2D eigenvalue weighted by molar-refractivity contribution is 6.03. The standard InChI is InChI=1S/C15H20O.C14H19NO.C13H18N2.C13H20N2.C13H17NO.2C11H16N4/c1-9(2)11-5-6-12(10(3)4)15-13(11)7-8-14(15)16;1-8(2)11-7-15-14(9(3)4)10-5-6-12(16)13(10)11;1-8(2)11-7-15-12(9(3)4)13-10(11)5-6-14-13;1-8(2)12-10-6-5-7-11(10)13(9(3)4)15-14-12;1-8(2)11-7-14-12(9(3)4)13-10(11)5-6-15-13;2*1-6(2)8-10-11(13-5-12-10)9(7(3)4)15-14-8/h5-6,9-10H,7-8H2,1-4H3;7-9H,5-6H2,1-4H3;5-9,14H,1-4H3;8-9H,5-7H2,1-4H3;5-9H,1-4H3;2*6-7H,5H2,1-4H3. The molecule has 0 fully saturated rings. The second-order valence-electron chi connectivity index (χ2n) is 33.7. The van der Waals surface area contributed by atoms with Gasteiger partial charge < -0.3 is 9.40 Å². The number of furan rings is 1. The molecule has 0 spiro atoms. The summed E-state index contributed by atoms with van der Waals surface area (Å²) in [6.45, 7) is 61.4. The highest BCUT2D eigenvalue weighted by Gasteiger charge is 2.30. The third-order valence-corrected chi connectivity index (χ3v) is 20.6. The van der Waals surface area contributed by atoms with Gasteiger partial charge in [-0.3, -0.25) is 44.5 Å². The lowest BCUT2D eigenvalue weighted by Gasteiger charge is -2.16. The van der Waals surface area contributed by atoms with Gasteiger partial charge in [0.05, 0.1) is 57.3 Å². The van der Waals surface area contributed by atoms with Crippen LogP contribution in [0.1, 0.15) is 418 Å². The molecule has 3 aliphatic carbocycles. The molecule has 14 rings (SSSR count). The topological polar surface area (TPSA) is 229 Å². The summed E-state index contributed by atoms with van der Waals surface area (Å²) in [5, 5.41) is 32.3. The minimum atomic E-state index is 0.308. The Kier molecular flexibility index (Phi) is 29.2. The van der Waals surface area contributed by atoms with Crippen molar-refractivity contribution in [2.45, 2.75) is 322 Å². The van der Waals surface area contributed by atoms with Crippen molar-refractivity contribution >= 4 is 33.4 Å². The molecule has 0 unspecified atom stereocenters. The summed E-state index contributed by atoms with van der Waals surface area (Å²) in [5.41, 5.74) is 25.7. The number of ketones is 2. The van der Waals surface area contributed by atoms with E-state index in [1.807, 2.05) is 30.9 Å². The van der Waals surface area contributed by atoms with E-state index in [-0.39, 0.29) is 0 Å². The molecule has 107 heavy (non-hydrogen) atoms. The van der Waals surface area contributed by atoms with E-state index in [1.54, 1.807) is 6.26 Å². The molecule has 0 saturated heterocycles. The van der Waals surface area contributed by atoms with Crippen LogP contribution in [0.2, 0.25) is 0 Å². The zero-order chi connectivity index (χ0) is 78.7. The minimum absolute atomic E-state index is 0.308. The fraction of sp³-hybridized carbons (Fsp3) is 0.567. The van der Waals surface area contributed by atoms with Gasteiger partial charge in [-0.25, -0.2) is 0 Å². The lowest BCUT2D eigenvalue weighted by Crippen LogP contribution is -2.34. The van der Waals surface area contributed by atoms with E-state index >= 15 is 0 Å². The van der Waals surface area contributed by atoms with Gasteiger partial charge in [-0.2, -0.15) is 30.6 Å². The molecule has 17 nitrogen and oxygen atoms in total. The summed E-state index contributed by atoms with van der Waals surface area (Å²) in [6.07, 6.45) is 16.6. The molecule has 0 bridgehead atoms. The van der Waals surface area contributed by atoms with Crippen LogP contribution in [-0.2, 0) is 25.7 Å². The highest BCUT2D eigenvalue weighted by Crippen LogP contribution is 2.38. The van der Waals surface area contributed by atoms with Crippen molar-refractivity contribution in [3.8, 4) is 0 Å². The number of carbonyl (C=O) groups is 2. The number of nitrogens with one attached hydrogen (secondary N) is 1. The Morgan fingerprint density at radius 3 is 1.06 bits per heavy atom. The normalized spacial score (nSPS) is 13.9. The van der Waals surface area contributed by atoms with Crippen molar-refractivity contribution in [2.24, 2.45) is 20.0 Å². The van der Waals surface area contributed by atoms with Gasteiger partial charge in [-0.15, -0.1) is 0 Å². The number of benzene rings is 1. The van der Waals surface area contributed by atoms with Gasteiger partial charge in [0.1, 0.15) is 34.8 Å². The number of H-pyrrole nitrogens is 1. The molecular weight excluding hydrogens is 1330 g/mol. The number of hydrogen-bond acceptors (Lipinski definition) is 16. The van der Waals surface area contributed by atoms with E-state index in [2.05, 4.69) is 283 Å². The molecule has 5 aliphatic rings. The summed E-state index contributed by atoms with van der Waals surface area (Å²) in [7, 11) is 0. The molecule has 2 aliphatic heterocycles. The van der Waals surface area contributed by atoms with Crippen LogP contribution in [0.4, 0.5) is 0 Å². The average Bonchev–Trinajstić information content (AvgIpc) is 1.70. The van der Waals surface area contributed by atoms with E-state index in [9.17, 15) is 9.59 Å². The first-order chi connectivity index (χ1) is 50.6. The molecule has 0 amide bonds. The summed E-state index contributed by atoms with van der Waals surface area (Å²) < 4.78 is 5.54. The largest absolute Gasteiger partial charge is 0.462 e. The fourth-order valence-electron chi connectivity index (χ4n) is 14.9. The predicted molar refractivity (Wildman–Crippen MR) is 436 cm³/mol. The summed E-state index contributed by atoms with van der Waals surface area (Å²) in [5.74, 6) is 6.69. The Balaban J connectivity index is 0.000000157. The Morgan fingerprint density at radius 2 is 0.654 bits per heavy atom. The van der Waals surface area contributed by atoms with E-state index in [0.717, 1.165) is 90.7 Å². The first-order valence-corrected chi connectivity index (χ1v) is 40.0. The van der Waals surface area contributed by atoms with E-state index in [1.165, 1.54) is 97.1 Å². The van der Waals surface area contributed by atoms with Crippen LogP contribution in [0, 0.1) is 0 Å². The van der Waals surface area contributed by atoms with Crippen LogP contribution in [0.5, 0.6) is 0 Å². The van der Waals surface area contributed by atoms with Crippen molar-refractivity contribution in [1.82, 2.24) is 50.5 Å². The van der Waals surface area contributed by atoms with Gasteiger partial charge in [-0.1, -0.05) is 206 Å². The average molecular weight is 1450 g/mol. The molecule has 1 N–H and O–H groups in total. The van der Waals surface area contributed by atoms with Crippen molar-refractivity contribution in [3.63, 3.8) is 0 Å². The van der Waals surface area contributed by atoms with Crippen LogP contribution < -0.4 is 21.4 Å². The Labute approximate surface area is 638 Å². The zero-order valence-corrected chi connectivity index (χ0v) is 70.2. The Hall–Kier alpha value is -8.47. The molecule has 9 aromatic rings. The maximum atomic E-state index is 12.0. The number of aromatic amines is 1. The molecule has 0 radical (unpaired) electrons. The summed E-state index contributed by atoms with van der Waals surface area (Å²) in [6, 6.07) is 8.57. The van der Waals surface area contributed by atoms with Gasteiger partial charge in [-0.05, 0) is 177 Å². The van der Waals surface area contributed by atoms with Gasteiger partial charge in [0.15, 0.2) is 17.1 Å². The highest BCUT2D eigenvalue weighted by atomic mass is 16.3. The van der Waals surface area contributed by atoms with Gasteiger partial charge in [0.2, 0.25) is 0 Å². The van der Waals surface area contributed by atoms with E-state index < -0.39 is 0 Å². The smallest absolute Gasteiger partial charge is 0.163 e. The quantitative estimate of drug-likeness (QED) is 0.107. The number of nitrogens with zero attached hydrogens (tertiary/aromatic N) is 13. The van der Waals surface area contributed by atoms with Crippen LogP contribution in [-0.4, -0.2) is 75.4 Å². The van der Waals surface area contributed by atoms with Crippen LogP contribution in [0.15, 0.2) is 79.7 Å². The number of hydrogen-bond donors (Lipinski definition) is 1. The van der Waals surface area contributed by atoms with Crippen molar-refractivity contribution in [2.75, 3.05) is 13.3 Å². The van der Waals surface area contributed by atoms with Crippen molar-refractivity contribution in [1.29, 1.82) is 0 Å². The van der Waals surface area contributed by atoms with Gasteiger partial charge in [0, 0.05) is 65.2 Å². The lowest BCUT2D eigenvalue weighted by molar-refractivity contribution is 0.0985. The van der Waals surface area contributed by atoms with E-state index in [4.69, 9.17) is 4.42 Å². The molecule has 10 heterocycles. The maximum Gasteiger partial charge on any atom is 0.163 e. The second kappa shape index (κ2) is 37.1. The molecule has 17 heteroatoms. The monoisotopic (exact) mass is 1450 g/mol. The Bertz CT molecular complexity index is 4370. The fourth-order valence-corrected chi connectivity index (χ4v) is 14.9. The SMILES string of the molecule is CC(C)c1ccc(C(C)C)c2c1CCC2=O.CC(C)c1cnc(C(C)C)c2[nH]ccc12.CC(C)c1cnc(C(C)C)c2c1C(=O)CC2.CC(C)c1cnc(C(C)C)c2occc12.CC(C)c1nnc(C(C)C)c2c1=NCN=2.CC(C)c1nnc(C(C)C)c2c1=NCN=2.CC(C)c1nnc(C(C)C)c2c1CCC2. The van der Waals surface area contributed by atoms with Crippen molar-refractivity contribution < 1.29 is 14.0 Å². The third-order valence-electron chi connectivity index (χ3n) is 20.6. The number of carbonyl (C=O) groups excluding carboxylic acids is 2. The first-order valence-electron chi connectivity index (χ1n) is 40.0. The molecular formula is C90H126N14O3. The predicted octanol–water partition coefficient (Wildman–Crippen LogP) is 20.5. The van der Waals surface area contributed by atoms with E-state index in [0.29, 0.717) is 121 Å². The van der Waals surface area contributed by atoms with Gasteiger partial charge in [0.25, 0.3) is 0 Å². The van der Waals surface area contributed by atoms with Crippen molar-refractivity contribution in [3.05, 3.63) is 189 Å². The molecule has 8 aromatic heterocycles. The van der Waals surface area contributed by atoms with Crippen LogP contribution in [0.25, 0.3) is 21.9 Å². The molecule has 0 saturated carbocycles. The van der Waals surface area contributed by atoms with Crippen LogP contribution in [0.3, 0.4) is 0 Å². The first kappa shape index (κ1) is 84.2. The third kappa shape index (κ3) is 19.3. The molecule has 574 valence electrons. The summed E-state index contributed by atoms with van der Waals surface area (Å²) in [4.78, 5) is 58.4. The number of aromatic nitrogens is 10. The number of Topliss-reactive ketones (excluding diaryl/α,β-unsaturated/α-hetero) is 2. The zero-order valence-electron chi connectivity index (χ0n) is 70.2. The summed E-state index contributed by atoms with van der Waals surface area (Å²) >= 11 is 0. The minimum Gasteiger partial charge on any atom is -0.462 e. The number of fused-ring (bicyclic) bond motifs is 7. The lowest BCUT2D eigenvalue weighted by atomic mass is 9.88.